The van der Waals surface area contributed by atoms with Crippen LogP contribution in [0.5, 0.6) is 0 Å². The van der Waals surface area contributed by atoms with E-state index in [4.69, 9.17) is 10.5 Å². The maximum absolute atomic E-state index is 5.97. The molecule has 0 saturated carbocycles. The van der Waals surface area contributed by atoms with E-state index in [-0.39, 0.29) is 0 Å². The summed E-state index contributed by atoms with van der Waals surface area (Å²) in [4.78, 5) is 0. The van der Waals surface area contributed by atoms with Gasteiger partial charge in [0.25, 0.3) is 0 Å². The predicted octanol–water partition coefficient (Wildman–Crippen LogP) is 1.49. The monoisotopic (exact) mass is 189 g/mol. The van der Waals surface area contributed by atoms with Gasteiger partial charge in [0, 0.05) is 12.6 Å². The van der Waals surface area contributed by atoms with Gasteiger partial charge in [0.1, 0.15) is 0 Å². The third-order valence-electron chi connectivity index (χ3n) is 2.37. The number of nitrogens with two attached hydrogens (primary N) is 1. The summed E-state index contributed by atoms with van der Waals surface area (Å²) in [6, 6.07) is 0.385. The molecule has 0 radical (unpaired) electrons. The highest BCUT2D eigenvalue weighted by molar-refractivity contribution is 7.99. The number of ether oxygens (including phenoxy) is 1. The fraction of sp³-hybridized carbons (Fsp3) is 1.00. The second kappa shape index (κ2) is 5.84. The molecule has 2 nitrogen and oxygen atoms in total. The molecule has 1 rings (SSSR count). The lowest BCUT2D eigenvalue weighted by Crippen LogP contribution is -2.38. The van der Waals surface area contributed by atoms with E-state index in [9.17, 15) is 0 Å². The first-order chi connectivity index (χ1) is 5.84. The van der Waals surface area contributed by atoms with Crippen molar-refractivity contribution < 1.29 is 4.74 Å². The number of rotatable bonds is 4. The Kier molecular flexibility index (Phi) is 5.04. The molecule has 0 aromatic heterocycles. The molecule has 72 valence electrons. The van der Waals surface area contributed by atoms with E-state index in [0.717, 1.165) is 19.6 Å². The first-order valence-electron chi connectivity index (χ1n) is 4.75. The third-order valence-corrected chi connectivity index (χ3v) is 3.30. The molecule has 0 spiro atoms. The molecule has 2 atom stereocenters. The van der Waals surface area contributed by atoms with Crippen molar-refractivity contribution in [1.29, 1.82) is 0 Å². The van der Waals surface area contributed by atoms with Gasteiger partial charge in [-0.1, -0.05) is 6.92 Å². The van der Waals surface area contributed by atoms with Crippen molar-refractivity contribution in [2.24, 2.45) is 11.7 Å². The minimum atomic E-state index is 0.385. The van der Waals surface area contributed by atoms with E-state index < -0.39 is 0 Å². The second-order valence-electron chi connectivity index (χ2n) is 3.27. The summed E-state index contributed by atoms with van der Waals surface area (Å²) in [7, 11) is 0. The molecule has 1 aliphatic heterocycles. The van der Waals surface area contributed by atoms with Crippen molar-refractivity contribution in [3.8, 4) is 0 Å². The van der Waals surface area contributed by atoms with E-state index in [1.165, 1.54) is 17.9 Å². The average molecular weight is 189 g/mol. The summed E-state index contributed by atoms with van der Waals surface area (Å²) in [5, 5.41) is 0. The highest BCUT2D eigenvalue weighted by Crippen LogP contribution is 2.18. The van der Waals surface area contributed by atoms with Gasteiger partial charge in [0.05, 0.1) is 6.61 Å². The largest absolute Gasteiger partial charge is 0.381 e. The second-order valence-corrected chi connectivity index (χ2v) is 4.67. The van der Waals surface area contributed by atoms with Crippen molar-refractivity contribution in [3.63, 3.8) is 0 Å². The first kappa shape index (κ1) is 10.4. The average Bonchev–Trinajstić information content (AvgIpc) is 2.09. The topological polar surface area (TPSA) is 35.2 Å². The van der Waals surface area contributed by atoms with Crippen LogP contribution in [0.25, 0.3) is 0 Å². The summed E-state index contributed by atoms with van der Waals surface area (Å²) >= 11 is 1.99. The molecule has 1 heterocycles. The molecule has 2 unspecified atom stereocenters. The van der Waals surface area contributed by atoms with Gasteiger partial charge >= 0.3 is 0 Å². The maximum atomic E-state index is 5.97. The summed E-state index contributed by atoms with van der Waals surface area (Å²) in [6.07, 6.45) is 2.27. The molecule has 0 aromatic carbocycles. The van der Waals surface area contributed by atoms with Crippen molar-refractivity contribution in [3.05, 3.63) is 0 Å². The van der Waals surface area contributed by atoms with Crippen molar-refractivity contribution in [2.45, 2.75) is 25.8 Å². The Hall–Kier alpha value is 0.270. The predicted molar refractivity (Wildman–Crippen MR) is 54.5 cm³/mol. The van der Waals surface area contributed by atoms with Crippen molar-refractivity contribution in [1.82, 2.24) is 0 Å². The minimum Gasteiger partial charge on any atom is -0.381 e. The number of hydrogen-bond acceptors (Lipinski definition) is 3. The summed E-state index contributed by atoms with van der Waals surface area (Å²) in [6.45, 7) is 3.94. The van der Waals surface area contributed by atoms with E-state index in [0.29, 0.717) is 12.0 Å². The summed E-state index contributed by atoms with van der Waals surface area (Å²) in [5.41, 5.74) is 5.97. The van der Waals surface area contributed by atoms with E-state index >= 15 is 0 Å². The zero-order chi connectivity index (χ0) is 8.81. The van der Waals surface area contributed by atoms with Gasteiger partial charge in [-0.15, -0.1) is 0 Å². The van der Waals surface area contributed by atoms with Crippen LogP contribution in [-0.2, 0) is 4.74 Å². The van der Waals surface area contributed by atoms with Crippen LogP contribution in [0.3, 0.4) is 0 Å². The fourth-order valence-corrected chi connectivity index (χ4v) is 2.25. The number of thioether (sulfide) groups is 1. The molecular formula is C9H19NOS. The first-order valence-corrected chi connectivity index (χ1v) is 5.91. The smallest absolute Gasteiger partial charge is 0.0509 e. The van der Waals surface area contributed by atoms with Gasteiger partial charge in [-0.2, -0.15) is 11.8 Å². The standard InChI is InChI=1S/C9H19NOS/c1-2-12-6-4-8-7-11-5-3-9(8)10/h8-9H,2-7,10H2,1H3. The highest BCUT2D eigenvalue weighted by Gasteiger charge is 2.21. The molecule has 1 saturated heterocycles. The minimum absolute atomic E-state index is 0.385. The quantitative estimate of drug-likeness (QED) is 0.681. The SMILES string of the molecule is CCSCCC1COCCC1N. The Balaban J connectivity index is 2.11. The lowest BCUT2D eigenvalue weighted by molar-refractivity contribution is 0.0412. The molecule has 0 bridgehead atoms. The lowest BCUT2D eigenvalue weighted by atomic mass is 9.94. The highest BCUT2D eigenvalue weighted by atomic mass is 32.2. The fourth-order valence-electron chi connectivity index (χ4n) is 1.49. The Labute approximate surface area is 79.2 Å². The van der Waals surface area contributed by atoms with Gasteiger partial charge < -0.3 is 10.5 Å². The van der Waals surface area contributed by atoms with Crippen molar-refractivity contribution >= 4 is 11.8 Å². The Morgan fingerprint density at radius 2 is 2.42 bits per heavy atom. The summed E-state index contributed by atoms with van der Waals surface area (Å²) < 4.78 is 5.39. The van der Waals surface area contributed by atoms with Gasteiger partial charge in [0.15, 0.2) is 0 Å². The molecule has 0 amide bonds. The molecule has 0 aromatic rings. The van der Waals surface area contributed by atoms with Gasteiger partial charge in [0.2, 0.25) is 0 Å². The Morgan fingerprint density at radius 1 is 1.58 bits per heavy atom. The lowest BCUT2D eigenvalue weighted by Gasteiger charge is -2.28. The molecule has 3 heteroatoms. The normalized spacial score (nSPS) is 30.5. The van der Waals surface area contributed by atoms with E-state index in [1.807, 2.05) is 11.8 Å². The van der Waals surface area contributed by atoms with Crippen molar-refractivity contribution in [2.75, 3.05) is 24.7 Å². The Morgan fingerprint density at radius 3 is 3.08 bits per heavy atom. The number of hydrogen-bond donors (Lipinski definition) is 1. The van der Waals surface area contributed by atoms with Crippen LogP contribution >= 0.6 is 11.8 Å². The molecule has 12 heavy (non-hydrogen) atoms. The van der Waals surface area contributed by atoms with E-state index in [1.54, 1.807) is 0 Å². The van der Waals surface area contributed by atoms with Gasteiger partial charge in [-0.3, -0.25) is 0 Å². The maximum Gasteiger partial charge on any atom is 0.0509 e. The van der Waals surface area contributed by atoms with Gasteiger partial charge in [-0.05, 0) is 30.3 Å². The zero-order valence-corrected chi connectivity index (χ0v) is 8.61. The van der Waals surface area contributed by atoms with Crippen LogP contribution in [0.4, 0.5) is 0 Å². The van der Waals surface area contributed by atoms with Crippen LogP contribution in [0.15, 0.2) is 0 Å². The van der Waals surface area contributed by atoms with Crippen LogP contribution < -0.4 is 5.73 Å². The van der Waals surface area contributed by atoms with E-state index in [2.05, 4.69) is 6.92 Å². The molecule has 0 aliphatic carbocycles. The van der Waals surface area contributed by atoms with Crippen LogP contribution in [-0.4, -0.2) is 30.8 Å². The van der Waals surface area contributed by atoms with Gasteiger partial charge in [-0.25, -0.2) is 0 Å². The zero-order valence-electron chi connectivity index (χ0n) is 7.79. The molecule has 1 aliphatic rings. The third kappa shape index (κ3) is 3.33. The van der Waals surface area contributed by atoms with Crippen LogP contribution in [0, 0.1) is 5.92 Å². The van der Waals surface area contributed by atoms with Crippen LogP contribution in [0.2, 0.25) is 0 Å². The summed E-state index contributed by atoms with van der Waals surface area (Å²) in [5.74, 6) is 3.05. The molecule has 1 fully saturated rings. The Bertz CT molecular complexity index is 121. The van der Waals surface area contributed by atoms with Crippen LogP contribution in [0.1, 0.15) is 19.8 Å². The molecular weight excluding hydrogens is 170 g/mol. The molecule has 2 N–H and O–H groups in total.